The maximum atomic E-state index is 13.6. The quantitative estimate of drug-likeness (QED) is 0.191. The first-order valence-corrected chi connectivity index (χ1v) is 13.6. The second-order valence-electron chi connectivity index (χ2n) is 10.00. The highest BCUT2D eigenvalue weighted by atomic mass is 35.5. The van der Waals surface area contributed by atoms with Gasteiger partial charge in [-0.3, -0.25) is 4.79 Å². The van der Waals surface area contributed by atoms with Gasteiger partial charge in [-0.1, -0.05) is 89.9 Å². The smallest absolute Gasteiger partial charge is 0.332 e. The van der Waals surface area contributed by atoms with E-state index in [1.165, 1.54) is 6.07 Å². The Hall–Kier alpha value is -4.00. The summed E-state index contributed by atoms with van der Waals surface area (Å²) in [7, 11) is 0. The minimum atomic E-state index is -1.09. The summed E-state index contributed by atoms with van der Waals surface area (Å²) < 4.78 is 12.3. The predicted molar refractivity (Wildman–Crippen MR) is 157 cm³/mol. The highest BCUT2D eigenvalue weighted by Crippen LogP contribution is 2.37. The molecule has 0 aromatic heterocycles. The molecule has 3 amide bonds. The summed E-state index contributed by atoms with van der Waals surface area (Å²) in [6.45, 7) is 4.39. The monoisotopic (exact) mass is 574 g/mol. The zero-order valence-corrected chi connectivity index (χ0v) is 23.7. The summed E-state index contributed by atoms with van der Waals surface area (Å²) in [6.07, 6.45) is 0. The lowest BCUT2D eigenvalue weighted by atomic mass is 10.0. The molecule has 0 spiro atoms. The van der Waals surface area contributed by atoms with Gasteiger partial charge in [0.15, 0.2) is 11.5 Å². The Labute approximate surface area is 243 Å². The molecule has 1 aliphatic heterocycles. The third-order valence-corrected chi connectivity index (χ3v) is 7.55. The Morgan fingerprint density at radius 1 is 0.675 bits per heavy atom. The molecule has 0 N–H and O–H groups in total. The normalized spacial score (nSPS) is 14.5. The van der Waals surface area contributed by atoms with Gasteiger partial charge < -0.3 is 14.4 Å². The molecule has 8 heteroatoms. The standard InChI is InChI=1S/C32H28Cl2N2O4/c1-32(2)30(37)36(25-14-15-26(33)27(34)18-25)31(38)35(32)19-24-13-16-28(39-20-22-9-5-3-6-10-22)29(17-24)40-21-23-11-7-4-8-12-23/h3-18H,19-21H2,1-2H3. The van der Waals surface area contributed by atoms with E-state index in [-0.39, 0.29) is 17.5 Å². The fraction of sp³-hybridized carbons (Fsp3) is 0.188. The number of carbonyl (C=O) groups excluding carboxylic acids is 2. The first kappa shape index (κ1) is 27.6. The molecule has 5 rings (SSSR count). The van der Waals surface area contributed by atoms with Crippen LogP contribution in [0.2, 0.25) is 10.0 Å². The fourth-order valence-corrected chi connectivity index (χ4v) is 4.78. The van der Waals surface area contributed by atoms with Crippen molar-refractivity contribution in [1.82, 2.24) is 4.90 Å². The number of carbonyl (C=O) groups is 2. The van der Waals surface area contributed by atoms with E-state index in [4.69, 9.17) is 32.7 Å². The first-order valence-electron chi connectivity index (χ1n) is 12.8. The second-order valence-corrected chi connectivity index (χ2v) is 10.8. The number of nitrogens with zero attached hydrogens (tertiary/aromatic N) is 2. The number of amides is 3. The zero-order valence-electron chi connectivity index (χ0n) is 22.1. The number of rotatable bonds is 9. The number of imide groups is 1. The molecule has 204 valence electrons. The molecule has 0 saturated carbocycles. The van der Waals surface area contributed by atoms with Crippen LogP contribution in [-0.4, -0.2) is 22.4 Å². The molecule has 40 heavy (non-hydrogen) atoms. The van der Waals surface area contributed by atoms with Gasteiger partial charge >= 0.3 is 6.03 Å². The van der Waals surface area contributed by atoms with Crippen molar-refractivity contribution in [2.75, 3.05) is 4.90 Å². The third-order valence-electron chi connectivity index (χ3n) is 6.81. The first-order chi connectivity index (χ1) is 19.2. The highest BCUT2D eigenvalue weighted by molar-refractivity contribution is 6.42. The highest BCUT2D eigenvalue weighted by Gasteiger charge is 2.51. The largest absolute Gasteiger partial charge is 0.485 e. The maximum Gasteiger partial charge on any atom is 0.332 e. The molecular formula is C32H28Cl2N2O4. The number of urea groups is 1. The van der Waals surface area contributed by atoms with Gasteiger partial charge in [0, 0.05) is 6.54 Å². The average Bonchev–Trinajstić information content (AvgIpc) is 3.13. The van der Waals surface area contributed by atoms with Crippen molar-refractivity contribution in [3.8, 4) is 11.5 Å². The molecule has 6 nitrogen and oxygen atoms in total. The van der Waals surface area contributed by atoms with E-state index in [1.54, 1.807) is 30.9 Å². The fourth-order valence-electron chi connectivity index (χ4n) is 4.49. The van der Waals surface area contributed by atoms with Gasteiger partial charge in [-0.25, -0.2) is 9.69 Å². The lowest BCUT2D eigenvalue weighted by Gasteiger charge is -2.28. The third kappa shape index (κ3) is 5.79. The van der Waals surface area contributed by atoms with E-state index in [9.17, 15) is 9.59 Å². The molecule has 4 aromatic carbocycles. The van der Waals surface area contributed by atoms with Gasteiger partial charge in [0.05, 0.1) is 15.7 Å². The Morgan fingerprint density at radius 2 is 1.27 bits per heavy atom. The van der Waals surface area contributed by atoms with Crippen LogP contribution in [-0.2, 0) is 24.6 Å². The van der Waals surface area contributed by atoms with E-state index in [0.29, 0.717) is 35.4 Å². The van der Waals surface area contributed by atoms with Crippen LogP contribution in [0.4, 0.5) is 10.5 Å². The molecule has 0 atom stereocenters. The van der Waals surface area contributed by atoms with Crippen LogP contribution >= 0.6 is 23.2 Å². The van der Waals surface area contributed by atoms with Crippen LogP contribution in [0, 0.1) is 0 Å². The minimum Gasteiger partial charge on any atom is -0.485 e. The van der Waals surface area contributed by atoms with Gasteiger partial charge in [-0.15, -0.1) is 0 Å². The predicted octanol–water partition coefficient (Wildman–Crippen LogP) is 7.90. The molecule has 0 radical (unpaired) electrons. The van der Waals surface area contributed by atoms with Gasteiger partial charge in [-0.05, 0) is 60.9 Å². The number of halogens is 2. The van der Waals surface area contributed by atoms with Crippen molar-refractivity contribution in [2.45, 2.75) is 39.1 Å². The van der Waals surface area contributed by atoms with E-state index in [2.05, 4.69) is 0 Å². The zero-order chi connectivity index (χ0) is 28.3. The molecule has 0 bridgehead atoms. The molecule has 1 fully saturated rings. The number of hydrogen-bond donors (Lipinski definition) is 0. The molecular weight excluding hydrogens is 547 g/mol. The molecule has 0 unspecified atom stereocenters. The number of anilines is 1. The lowest BCUT2D eigenvalue weighted by molar-refractivity contribution is -0.123. The number of hydrogen-bond acceptors (Lipinski definition) is 4. The molecule has 4 aromatic rings. The Bertz CT molecular complexity index is 1530. The summed E-state index contributed by atoms with van der Waals surface area (Å²) in [6, 6.07) is 29.6. The van der Waals surface area contributed by atoms with E-state index < -0.39 is 11.6 Å². The number of ether oxygens (including phenoxy) is 2. The molecule has 1 saturated heterocycles. The van der Waals surface area contributed by atoms with Gasteiger partial charge in [0.2, 0.25) is 0 Å². The average molecular weight is 575 g/mol. The van der Waals surface area contributed by atoms with Gasteiger partial charge in [0.1, 0.15) is 18.8 Å². The second kappa shape index (κ2) is 11.6. The summed E-state index contributed by atoms with van der Waals surface area (Å²) in [5.74, 6) is 0.790. The Balaban J connectivity index is 1.40. The van der Waals surface area contributed by atoms with Crippen molar-refractivity contribution in [2.24, 2.45) is 0 Å². The lowest BCUT2D eigenvalue weighted by Crippen LogP contribution is -2.43. The van der Waals surface area contributed by atoms with E-state index in [1.807, 2.05) is 78.9 Å². The SMILES string of the molecule is CC1(C)C(=O)N(c2ccc(Cl)c(Cl)c2)C(=O)N1Cc1ccc(OCc2ccccc2)c(OCc2ccccc2)c1. The maximum absolute atomic E-state index is 13.6. The van der Waals surface area contributed by atoms with Crippen LogP contribution in [0.25, 0.3) is 0 Å². The summed E-state index contributed by atoms with van der Waals surface area (Å²) in [5, 5.41) is 0.612. The van der Waals surface area contributed by atoms with Gasteiger partial charge in [-0.2, -0.15) is 0 Å². The Kier molecular flexibility index (Phi) is 8.01. The van der Waals surface area contributed by atoms with Crippen LogP contribution in [0.1, 0.15) is 30.5 Å². The van der Waals surface area contributed by atoms with Crippen molar-refractivity contribution >= 4 is 40.8 Å². The van der Waals surface area contributed by atoms with E-state index >= 15 is 0 Å². The molecule has 0 aliphatic carbocycles. The molecule has 1 heterocycles. The van der Waals surface area contributed by atoms with Crippen LogP contribution in [0.3, 0.4) is 0 Å². The van der Waals surface area contributed by atoms with Crippen molar-refractivity contribution in [1.29, 1.82) is 0 Å². The van der Waals surface area contributed by atoms with Crippen molar-refractivity contribution in [3.63, 3.8) is 0 Å². The van der Waals surface area contributed by atoms with Crippen LogP contribution < -0.4 is 14.4 Å². The Morgan fingerprint density at radius 3 is 1.88 bits per heavy atom. The minimum absolute atomic E-state index is 0.191. The van der Waals surface area contributed by atoms with Crippen molar-refractivity contribution < 1.29 is 19.1 Å². The van der Waals surface area contributed by atoms with E-state index in [0.717, 1.165) is 21.6 Å². The summed E-state index contributed by atoms with van der Waals surface area (Å²) >= 11 is 12.2. The van der Waals surface area contributed by atoms with Gasteiger partial charge in [0.25, 0.3) is 5.91 Å². The van der Waals surface area contributed by atoms with Crippen LogP contribution in [0.5, 0.6) is 11.5 Å². The molecule has 1 aliphatic rings. The summed E-state index contributed by atoms with van der Waals surface area (Å²) in [5.41, 5.74) is 2.12. The number of benzene rings is 4. The summed E-state index contributed by atoms with van der Waals surface area (Å²) in [4.78, 5) is 29.6. The van der Waals surface area contributed by atoms with Crippen molar-refractivity contribution in [3.05, 3.63) is 124 Å². The topological polar surface area (TPSA) is 59.1 Å². The van der Waals surface area contributed by atoms with Crippen LogP contribution in [0.15, 0.2) is 97.1 Å².